The number of aliphatic hydroxyl groups excluding tert-OH is 5. The van der Waals surface area contributed by atoms with Gasteiger partial charge in [0.25, 0.3) is 0 Å². The third-order valence-corrected chi connectivity index (χ3v) is 26.0. The molecule has 0 saturated carbocycles. The van der Waals surface area contributed by atoms with Crippen LogP contribution in [0.4, 0.5) is 0 Å². The van der Waals surface area contributed by atoms with Gasteiger partial charge >= 0.3 is 0 Å². The molecule has 0 aromatic heterocycles. The van der Waals surface area contributed by atoms with Crippen LogP contribution in [0.15, 0.2) is 0 Å². The lowest BCUT2D eigenvalue weighted by Gasteiger charge is -2.27. The minimum Gasteiger partial charge on any atom is -0.396 e. The van der Waals surface area contributed by atoms with Crippen LogP contribution in [-0.4, -0.2) is 703 Å². The Morgan fingerprint density at radius 3 is 0.648 bits per heavy atom. The summed E-state index contributed by atoms with van der Waals surface area (Å²) in [5, 5.41) is 42.9. The number of nitrogens with zero attached hydrogens (tertiary/aromatic N) is 10. The lowest BCUT2D eigenvalue weighted by Crippen LogP contribution is -2.41. The molecule has 0 bridgehead atoms. The molecule has 0 amide bonds. The quantitative estimate of drug-likeness (QED) is 0.0291. The maximum atomic E-state index is 11.0. The molecule has 5 N–H and O–H groups in total. The van der Waals surface area contributed by atoms with Gasteiger partial charge in [-0.25, -0.2) is 16.8 Å². The zero-order valence-corrected chi connectivity index (χ0v) is 91.9. The Labute approximate surface area is 870 Å². The van der Waals surface area contributed by atoms with Crippen LogP contribution in [0.3, 0.4) is 0 Å². The summed E-state index contributed by atoms with van der Waals surface area (Å²) in [6.07, 6.45) is 0.345. The molecule has 0 aliphatic carbocycles. The van der Waals surface area contributed by atoms with E-state index in [1.807, 2.05) is 6.92 Å². The van der Waals surface area contributed by atoms with Gasteiger partial charge in [-0.1, -0.05) is 0 Å². The van der Waals surface area contributed by atoms with Crippen molar-refractivity contribution in [2.75, 3.05) is 599 Å². The molecule has 10 fully saturated rings. The first-order valence-electron chi connectivity index (χ1n) is 52.6. The van der Waals surface area contributed by atoms with Gasteiger partial charge in [0.2, 0.25) is 0 Å². The highest BCUT2D eigenvalue weighted by atomic mass is 32.2. The first-order chi connectivity index (χ1) is 71.1. The number of ether oxygens (including phenoxy) is 28. The van der Waals surface area contributed by atoms with Crippen LogP contribution in [0.5, 0.6) is 0 Å². The van der Waals surface area contributed by atoms with Gasteiger partial charge in [-0.05, 0) is 19.8 Å². The van der Waals surface area contributed by atoms with Crippen molar-refractivity contribution in [2.45, 2.75) is 32.3 Å². The fourth-order valence-electron chi connectivity index (χ4n) is 13.9. The summed E-state index contributed by atoms with van der Waals surface area (Å²) in [4.78, 5) is 22.8. The molecule has 10 aliphatic heterocycles. The number of aliphatic hydroxyl groups is 5. The molecule has 2 atom stereocenters. The van der Waals surface area contributed by atoms with Crippen molar-refractivity contribution >= 4 is 19.7 Å². The Morgan fingerprint density at radius 1 is 0.228 bits per heavy atom. The van der Waals surface area contributed by atoms with E-state index in [2.05, 4.69) is 49.0 Å². The molecule has 0 spiro atoms. The van der Waals surface area contributed by atoms with E-state index >= 15 is 0 Å². The molecule has 10 saturated heterocycles. The molecule has 0 aromatic carbocycles. The zero-order chi connectivity index (χ0) is 105. The lowest BCUT2D eigenvalue weighted by atomic mass is 10.3. The number of morpholine rings is 8. The van der Waals surface area contributed by atoms with Gasteiger partial charge in [-0.3, -0.25) is 44.1 Å². The van der Waals surface area contributed by atoms with Crippen LogP contribution >= 0.6 is 0 Å². The van der Waals surface area contributed by atoms with Gasteiger partial charge in [-0.15, -0.1) is 0 Å². The summed E-state index contributed by atoms with van der Waals surface area (Å²) < 4.78 is 190. The average Bonchev–Trinajstić information content (AvgIpc) is 0.877. The highest BCUT2D eigenvalue weighted by Crippen LogP contribution is 2.09. The minimum atomic E-state index is -2.74. The van der Waals surface area contributed by atoms with E-state index in [0.717, 1.165) is 315 Å². The Hall–Kier alpha value is -1.82. The predicted molar refractivity (Wildman–Crippen MR) is 549 cm³/mol. The normalized spacial score (nSPS) is 19.6. The Bertz CT molecular complexity index is 2710. The Kier molecular flexibility index (Phi) is 106. The fourth-order valence-corrected chi connectivity index (χ4v) is 16.5. The standard InChI is InChI=1S/C15H31NO6.C13H27NO5.2C11H23NO4.C9H19NO3.C8H17NO4.C8H17NO3.2C7H15NO3S.C7H15NO2/c1-17-8-9-20-12-13-22-15-14-21-11-10-19-7-4-16-2-5-18-6-3-16;1-15-8-9-18-12-13-19-11-10-17-7-4-14-2-5-16-6-3-14;1-13-8-9-16-11-10-15-7-4-12-2-5-14-6-3-12;1-3-15-11(10-13-2)16-9-6-12-4-7-14-8-5-12;1-11-8-9-13-7-4-10-2-5-12-6-3-10;10-7-8(11)13-6-3-9-1-4-12-5-2-9;10-4-8-12-7-3-9-1-5-11-6-2-9;1-11-5-2-8-3-6-12(9,10)7-4-8;9-5-1-2-8-3-6-12(10,11)7-4-8;9-5-1-2-8-3-6-10-7-4-8/h2-15H2,1H3;2-13H2,1H3;2-11H2,1H3;11H,3-10H2,1-2H3;2-9H2,1H3;8,10-11H,1-7H2;10H,1-8H2;2-7H2,1H3;9H,1-7H2;9H,1-7H2. The van der Waals surface area contributed by atoms with Crippen molar-refractivity contribution < 1.29 is 175 Å². The van der Waals surface area contributed by atoms with Crippen LogP contribution in [0.1, 0.15) is 19.8 Å². The monoisotopic (exact) mass is 2150 g/mol. The maximum Gasteiger partial charge on any atom is 0.180 e. The highest BCUT2D eigenvalue weighted by Gasteiger charge is 2.24. The van der Waals surface area contributed by atoms with Crippen LogP contribution in [0.2, 0.25) is 0 Å². The second kappa shape index (κ2) is 109. The third-order valence-electron chi connectivity index (χ3n) is 22.8. The van der Waals surface area contributed by atoms with Crippen molar-refractivity contribution in [3.63, 3.8) is 0 Å². The molecule has 49 heteroatoms. The summed E-state index contributed by atoms with van der Waals surface area (Å²) in [7, 11) is 4.51. The number of rotatable bonds is 69. The van der Waals surface area contributed by atoms with Crippen molar-refractivity contribution in [3.05, 3.63) is 0 Å². The largest absolute Gasteiger partial charge is 0.396 e. The van der Waals surface area contributed by atoms with E-state index in [9.17, 15) is 16.8 Å². The summed E-state index contributed by atoms with van der Waals surface area (Å²) in [5.41, 5.74) is 0. The van der Waals surface area contributed by atoms with Gasteiger partial charge in [0, 0.05) is 259 Å². The van der Waals surface area contributed by atoms with Gasteiger partial charge in [0.15, 0.2) is 32.3 Å². The molecular formula is C96H202N10O37S2. The summed E-state index contributed by atoms with van der Waals surface area (Å²) in [6.45, 7) is 63.1. The highest BCUT2D eigenvalue weighted by molar-refractivity contribution is 7.91. The van der Waals surface area contributed by atoms with Crippen molar-refractivity contribution in [1.29, 1.82) is 0 Å². The van der Waals surface area contributed by atoms with E-state index in [1.54, 1.807) is 42.7 Å². The first-order valence-corrected chi connectivity index (χ1v) is 56.2. The number of hydrogen-bond donors (Lipinski definition) is 5. The molecule has 870 valence electrons. The van der Waals surface area contributed by atoms with E-state index in [0.29, 0.717) is 223 Å². The van der Waals surface area contributed by atoms with Crippen molar-refractivity contribution in [3.8, 4) is 0 Å². The van der Waals surface area contributed by atoms with Crippen LogP contribution in [0, 0.1) is 0 Å². The smallest absolute Gasteiger partial charge is 0.180 e. The van der Waals surface area contributed by atoms with E-state index in [4.69, 9.17) is 158 Å². The van der Waals surface area contributed by atoms with Crippen LogP contribution in [0.25, 0.3) is 0 Å². The molecule has 10 rings (SSSR count). The van der Waals surface area contributed by atoms with Gasteiger partial charge in [0.05, 0.1) is 340 Å². The summed E-state index contributed by atoms with van der Waals surface area (Å²) >= 11 is 0. The van der Waals surface area contributed by atoms with Crippen LogP contribution < -0.4 is 0 Å². The van der Waals surface area contributed by atoms with Gasteiger partial charge in [0.1, 0.15) is 0 Å². The fraction of sp³-hybridized carbons (Fsp3) is 1.00. The maximum absolute atomic E-state index is 11.0. The number of sulfone groups is 2. The second-order valence-corrected chi connectivity index (χ2v) is 38.5. The van der Waals surface area contributed by atoms with Gasteiger partial charge < -0.3 is 163 Å². The van der Waals surface area contributed by atoms with Crippen molar-refractivity contribution in [2.24, 2.45) is 0 Å². The molecule has 0 radical (unpaired) electrons. The molecule has 2 unspecified atom stereocenters. The SMILES string of the molecule is CCOC(COC)OCCN1CCOCC1.COCCN1CCS(=O)(=O)CC1.COCCOCCN1CCOCC1.COCCOCCOCCN1CCOCC1.COCCOCCOCCOCCN1CCOCC1.COCCOCCOCCOCCOCCN1CCOCC1.O=S1(=O)CCN(CCCO)CC1.OCC(O)OCCN1CCOCC1.OCCCN1CCOCC1.OCCOCCN1CCOCC1. The molecule has 10 aliphatic rings. The molecular weight excluding hydrogens is 1950 g/mol. The zero-order valence-electron chi connectivity index (χ0n) is 90.3. The minimum absolute atomic E-state index is 0.114. The Morgan fingerprint density at radius 2 is 0.428 bits per heavy atom. The summed E-state index contributed by atoms with van der Waals surface area (Å²) in [5.74, 6) is 1.16. The average molecular weight is 2150 g/mol. The summed E-state index contributed by atoms with van der Waals surface area (Å²) in [6, 6.07) is 0. The molecule has 0 aromatic rings. The number of methoxy groups -OCH3 is 6. The number of hydrogen-bond acceptors (Lipinski definition) is 47. The lowest BCUT2D eigenvalue weighted by molar-refractivity contribution is -0.167. The predicted octanol–water partition coefficient (Wildman–Crippen LogP) is -3.49. The first kappa shape index (κ1) is 141. The second-order valence-electron chi connectivity index (χ2n) is 33.9. The van der Waals surface area contributed by atoms with Crippen LogP contribution in [-0.2, 0) is 152 Å². The molecule has 47 nitrogen and oxygen atoms in total. The van der Waals surface area contributed by atoms with E-state index < -0.39 is 26.0 Å². The third kappa shape index (κ3) is 96.5. The van der Waals surface area contributed by atoms with Gasteiger partial charge in [-0.2, -0.15) is 0 Å². The topological polar surface area (TPSA) is 460 Å². The molecule has 10 heterocycles. The molecule has 145 heavy (non-hydrogen) atoms. The van der Waals surface area contributed by atoms with Crippen molar-refractivity contribution in [1.82, 2.24) is 49.0 Å². The Balaban J connectivity index is 0.000000812. The van der Waals surface area contributed by atoms with E-state index in [1.165, 1.54) is 0 Å². The van der Waals surface area contributed by atoms with E-state index in [-0.39, 0.29) is 37.6 Å².